The number of aromatic amines is 1. The molecule has 0 aliphatic heterocycles. The molecular formula is C13H10BrNO2. The van der Waals surface area contributed by atoms with Crippen LogP contribution >= 0.6 is 15.9 Å². The summed E-state index contributed by atoms with van der Waals surface area (Å²) in [7, 11) is 0. The molecule has 0 aliphatic rings. The van der Waals surface area contributed by atoms with Crippen LogP contribution in [0.3, 0.4) is 0 Å². The lowest BCUT2D eigenvalue weighted by Gasteiger charge is -2.03. The molecule has 1 aromatic carbocycles. The maximum absolute atomic E-state index is 5.65. The maximum Gasteiger partial charge on any atom is 0.169 e. The normalized spacial score (nSPS) is 10.9. The zero-order chi connectivity index (χ0) is 11.7. The minimum Gasteiger partial charge on any atom is -0.486 e. The Bertz CT molecular complexity index is 641. The lowest BCUT2D eigenvalue weighted by molar-refractivity contribution is 0.268. The standard InChI is InChI=1S/C13H10BrNO2/c14-13-4-2-11(17-13)8-16-10-1-3-12-9(7-10)5-6-15-12/h1-7,15H,8H2. The van der Waals surface area contributed by atoms with E-state index in [0.717, 1.165) is 27.1 Å². The first-order chi connectivity index (χ1) is 8.31. The highest BCUT2D eigenvalue weighted by Crippen LogP contribution is 2.21. The van der Waals surface area contributed by atoms with Crippen LogP contribution in [0.15, 0.2) is 51.7 Å². The van der Waals surface area contributed by atoms with E-state index in [1.54, 1.807) is 0 Å². The zero-order valence-corrected chi connectivity index (χ0v) is 10.5. The van der Waals surface area contributed by atoms with Crippen LogP contribution in [0.25, 0.3) is 10.9 Å². The number of benzene rings is 1. The monoisotopic (exact) mass is 291 g/mol. The van der Waals surface area contributed by atoms with E-state index in [2.05, 4.69) is 20.9 Å². The molecule has 0 saturated carbocycles. The van der Waals surface area contributed by atoms with Crippen molar-refractivity contribution in [3.8, 4) is 5.75 Å². The highest BCUT2D eigenvalue weighted by atomic mass is 79.9. The second kappa shape index (κ2) is 4.30. The van der Waals surface area contributed by atoms with Crippen LogP contribution in [0.4, 0.5) is 0 Å². The van der Waals surface area contributed by atoms with E-state index in [1.165, 1.54) is 0 Å². The van der Waals surface area contributed by atoms with Crippen molar-refractivity contribution in [3.63, 3.8) is 0 Å². The third-order valence-corrected chi connectivity index (χ3v) is 2.96. The number of aromatic nitrogens is 1. The van der Waals surface area contributed by atoms with Crippen molar-refractivity contribution >= 4 is 26.8 Å². The van der Waals surface area contributed by atoms with Crippen LogP contribution in [0.1, 0.15) is 5.76 Å². The van der Waals surface area contributed by atoms with E-state index < -0.39 is 0 Å². The molecule has 2 aromatic heterocycles. The first-order valence-electron chi connectivity index (χ1n) is 5.25. The summed E-state index contributed by atoms with van der Waals surface area (Å²) in [5.74, 6) is 1.63. The van der Waals surface area contributed by atoms with Crippen LogP contribution in [-0.2, 0) is 6.61 Å². The first kappa shape index (κ1) is 10.5. The van der Waals surface area contributed by atoms with Crippen molar-refractivity contribution in [2.24, 2.45) is 0 Å². The van der Waals surface area contributed by atoms with Gasteiger partial charge in [0.05, 0.1) is 0 Å². The second-order valence-electron chi connectivity index (χ2n) is 3.72. The molecule has 4 heteroatoms. The van der Waals surface area contributed by atoms with Crippen LogP contribution in [-0.4, -0.2) is 4.98 Å². The Labute approximate surface area is 107 Å². The summed E-state index contributed by atoms with van der Waals surface area (Å²) < 4.78 is 11.7. The molecule has 0 saturated heterocycles. The van der Waals surface area contributed by atoms with Gasteiger partial charge in [-0.05, 0) is 52.3 Å². The van der Waals surface area contributed by atoms with Gasteiger partial charge in [-0.2, -0.15) is 0 Å². The Morgan fingerprint density at radius 2 is 2.12 bits per heavy atom. The Morgan fingerprint density at radius 3 is 2.94 bits per heavy atom. The fraction of sp³-hybridized carbons (Fsp3) is 0.0769. The van der Waals surface area contributed by atoms with Crippen molar-refractivity contribution in [2.75, 3.05) is 0 Å². The predicted molar refractivity (Wildman–Crippen MR) is 69.0 cm³/mol. The van der Waals surface area contributed by atoms with Crippen LogP contribution in [0.5, 0.6) is 5.75 Å². The Kier molecular flexibility index (Phi) is 2.65. The molecule has 0 fully saturated rings. The van der Waals surface area contributed by atoms with Crippen LogP contribution in [0, 0.1) is 0 Å². The summed E-state index contributed by atoms with van der Waals surface area (Å²) in [6.07, 6.45) is 1.91. The van der Waals surface area contributed by atoms with Gasteiger partial charge < -0.3 is 14.1 Å². The summed E-state index contributed by atoms with van der Waals surface area (Å²) in [5.41, 5.74) is 1.11. The fourth-order valence-electron chi connectivity index (χ4n) is 1.70. The van der Waals surface area contributed by atoms with Crippen molar-refractivity contribution in [2.45, 2.75) is 6.61 Å². The molecule has 17 heavy (non-hydrogen) atoms. The number of rotatable bonds is 3. The number of furan rings is 1. The van der Waals surface area contributed by atoms with Crippen molar-refractivity contribution in [1.29, 1.82) is 0 Å². The van der Waals surface area contributed by atoms with Gasteiger partial charge in [0, 0.05) is 17.1 Å². The Hall–Kier alpha value is -1.68. The predicted octanol–water partition coefficient (Wildman–Crippen LogP) is 4.10. The molecule has 0 bridgehead atoms. The third-order valence-electron chi connectivity index (χ3n) is 2.53. The lowest BCUT2D eigenvalue weighted by Crippen LogP contribution is -1.93. The average Bonchev–Trinajstić information content (AvgIpc) is 2.94. The molecule has 86 valence electrons. The number of hydrogen-bond acceptors (Lipinski definition) is 2. The molecule has 2 heterocycles. The molecule has 3 rings (SSSR count). The number of fused-ring (bicyclic) bond motifs is 1. The van der Waals surface area contributed by atoms with Gasteiger partial charge in [0.1, 0.15) is 18.1 Å². The molecule has 0 atom stereocenters. The van der Waals surface area contributed by atoms with E-state index in [1.807, 2.05) is 42.6 Å². The van der Waals surface area contributed by atoms with Gasteiger partial charge in [-0.3, -0.25) is 0 Å². The van der Waals surface area contributed by atoms with Gasteiger partial charge in [0.25, 0.3) is 0 Å². The molecule has 0 aliphatic carbocycles. The zero-order valence-electron chi connectivity index (χ0n) is 8.94. The van der Waals surface area contributed by atoms with Gasteiger partial charge in [0.2, 0.25) is 0 Å². The number of ether oxygens (including phenoxy) is 1. The SMILES string of the molecule is Brc1ccc(COc2ccc3[nH]ccc3c2)o1. The molecule has 0 radical (unpaired) electrons. The van der Waals surface area contributed by atoms with Gasteiger partial charge in [-0.25, -0.2) is 0 Å². The highest BCUT2D eigenvalue weighted by molar-refractivity contribution is 9.10. The van der Waals surface area contributed by atoms with E-state index in [0.29, 0.717) is 6.61 Å². The third kappa shape index (κ3) is 2.22. The van der Waals surface area contributed by atoms with E-state index >= 15 is 0 Å². The van der Waals surface area contributed by atoms with E-state index in [9.17, 15) is 0 Å². The topological polar surface area (TPSA) is 38.2 Å². The fourth-order valence-corrected chi connectivity index (χ4v) is 2.05. The molecule has 1 N–H and O–H groups in total. The van der Waals surface area contributed by atoms with Gasteiger partial charge in [0.15, 0.2) is 4.67 Å². The number of hydrogen-bond donors (Lipinski definition) is 1. The molecule has 0 amide bonds. The first-order valence-corrected chi connectivity index (χ1v) is 6.05. The summed E-state index contributed by atoms with van der Waals surface area (Å²) in [6.45, 7) is 0.432. The summed E-state index contributed by atoms with van der Waals surface area (Å²) in [6, 6.07) is 11.7. The lowest BCUT2D eigenvalue weighted by atomic mass is 10.2. The van der Waals surface area contributed by atoms with Gasteiger partial charge in [-0.1, -0.05) is 0 Å². The van der Waals surface area contributed by atoms with Gasteiger partial charge >= 0.3 is 0 Å². The molecule has 0 spiro atoms. The molecular weight excluding hydrogens is 282 g/mol. The van der Waals surface area contributed by atoms with Gasteiger partial charge in [-0.15, -0.1) is 0 Å². The van der Waals surface area contributed by atoms with Crippen LogP contribution < -0.4 is 4.74 Å². The quantitative estimate of drug-likeness (QED) is 0.789. The Morgan fingerprint density at radius 1 is 1.18 bits per heavy atom. The van der Waals surface area contributed by atoms with Crippen molar-refractivity contribution < 1.29 is 9.15 Å². The molecule has 0 unspecified atom stereocenters. The van der Waals surface area contributed by atoms with Crippen LogP contribution in [0.2, 0.25) is 0 Å². The highest BCUT2D eigenvalue weighted by Gasteiger charge is 2.02. The number of H-pyrrole nitrogens is 1. The smallest absolute Gasteiger partial charge is 0.169 e. The number of nitrogens with one attached hydrogen (secondary N) is 1. The second-order valence-corrected chi connectivity index (χ2v) is 4.50. The minimum absolute atomic E-state index is 0.432. The number of halogens is 1. The van der Waals surface area contributed by atoms with Crippen molar-refractivity contribution in [1.82, 2.24) is 4.98 Å². The van der Waals surface area contributed by atoms with E-state index in [4.69, 9.17) is 9.15 Å². The maximum atomic E-state index is 5.65. The Balaban J connectivity index is 1.76. The van der Waals surface area contributed by atoms with E-state index in [-0.39, 0.29) is 0 Å². The van der Waals surface area contributed by atoms with Crippen molar-refractivity contribution in [3.05, 3.63) is 53.0 Å². The summed E-state index contributed by atoms with van der Waals surface area (Å²) in [5, 5.41) is 1.14. The molecule has 3 nitrogen and oxygen atoms in total. The minimum atomic E-state index is 0.432. The molecule has 3 aromatic rings. The largest absolute Gasteiger partial charge is 0.486 e. The average molecular weight is 292 g/mol. The summed E-state index contributed by atoms with van der Waals surface area (Å²) in [4.78, 5) is 3.14. The summed E-state index contributed by atoms with van der Waals surface area (Å²) >= 11 is 3.26.